The lowest BCUT2D eigenvalue weighted by Crippen LogP contribution is -2.35. The van der Waals surface area contributed by atoms with Gasteiger partial charge in [0.25, 0.3) is 0 Å². The predicted octanol–water partition coefficient (Wildman–Crippen LogP) is 2.56. The Morgan fingerprint density at radius 3 is 2.43 bits per heavy atom. The summed E-state index contributed by atoms with van der Waals surface area (Å²) < 4.78 is 45.2. The van der Waals surface area contributed by atoms with Crippen LogP contribution in [0.2, 0.25) is 0 Å². The molecule has 6 heteroatoms. The SMILES string of the molecule is C=C1C(=O)O[C@@]2(c3cc(F)c(F)c(F)c3)C=CC(=O)C[C@@H]12. The molecule has 0 amide bonds. The number of halogens is 3. The van der Waals surface area contributed by atoms with Gasteiger partial charge in [0.2, 0.25) is 0 Å². The molecule has 108 valence electrons. The van der Waals surface area contributed by atoms with Gasteiger partial charge >= 0.3 is 5.97 Å². The van der Waals surface area contributed by atoms with Crippen molar-refractivity contribution in [3.8, 4) is 0 Å². The predicted molar refractivity (Wildman–Crippen MR) is 65.5 cm³/mol. The van der Waals surface area contributed by atoms with Crippen LogP contribution < -0.4 is 0 Å². The molecule has 0 spiro atoms. The van der Waals surface area contributed by atoms with Crippen molar-refractivity contribution in [2.75, 3.05) is 0 Å². The molecule has 0 radical (unpaired) electrons. The molecule has 0 saturated carbocycles. The van der Waals surface area contributed by atoms with Gasteiger partial charge in [-0.15, -0.1) is 0 Å². The zero-order valence-electron chi connectivity index (χ0n) is 10.7. The van der Waals surface area contributed by atoms with Gasteiger partial charge in [-0.2, -0.15) is 0 Å². The van der Waals surface area contributed by atoms with E-state index in [2.05, 4.69) is 6.58 Å². The molecule has 0 bridgehead atoms. The number of carbonyl (C=O) groups is 2. The first-order valence-corrected chi connectivity index (χ1v) is 6.14. The lowest BCUT2D eigenvalue weighted by atomic mass is 9.73. The number of benzene rings is 1. The van der Waals surface area contributed by atoms with E-state index in [4.69, 9.17) is 4.74 Å². The highest BCUT2D eigenvalue weighted by molar-refractivity contribution is 5.98. The zero-order valence-corrected chi connectivity index (χ0v) is 10.7. The number of esters is 1. The van der Waals surface area contributed by atoms with Crippen molar-refractivity contribution < 1.29 is 27.5 Å². The van der Waals surface area contributed by atoms with Crippen LogP contribution in [-0.2, 0) is 19.9 Å². The molecule has 0 N–H and O–H groups in total. The smallest absolute Gasteiger partial charge is 0.335 e. The first kappa shape index (κ1) is 13.6. The Morgan fingerprint density at radius 2 is 1.81 bits per heavy atom. The third kappa shape index (κ3) is 1.82. The van der Waals surface area contributed by atoms with Crippen LogP contribution in [0.3, 0.4) is 0 Å². The average Bonchev–Trinajstić information content (AvgIpc) is 2.69. The molecular formula is C15H9F3O3. The summed E-state index contributed by atoms with van der Waals surface area (Å²) in [6, 6.07) is 1.52. The quantitative estimate of drug-likeness (QED) is 0.454. The highest BCUT2D eigenvalue weighted by atomic mass is 19.2. The van der Waals surface area contributed by atoms with E-state index in [0.717, 1.165) is 12.1 Å². The van der Waals surface area contributed by atoms with Gasteiger partial charge in [0.1, 0.15) is 0 Å². The second-order valence-corrected chi connectivity index (χ2v) is 5.02. The van der Waals surface area contributed by atoms with Crippen molar-refractivity contribution in [3.05, 3.63) is 59.5 Å². The Morgan fingerprint density at radius 1 is 1.19 bits per heavy atom. The number of hydrogen-bond donors (Lipinski definition) is 0. The number of ketones is 1. The minimum absolute atomic E-state index is 0.0536. The maximum atomic E-state index is 13.5. The molecule has 0 aromatic heterocycles. The molecular weight excluding hydrogens is 285 g/mol. The van der Waals surface area contributed by atoms with Crippen molar-refractivity contribution in [2.45, 2.75) is 12.0 Å². The first-order valence-electron chi connectivity index (χ1n) is 6.14. The Balaban J connectivity index is 2.22. The van der Waals surface area contributed by atoms with E-state index >= 15 is 0 Å². The van der Waals surface area contributed by atoms with E-state index in [9.17, 15) is 22.8 Å². The third-order valence-corrected chi connectivity index (χ3v) is 3.82. The van der Waals surface area contributed by atoms with Crippen molar-refractivity contribution >= 4 is 11.8 Å². The van der Waals surface area contributed by atoms with E-state index in [1.807, 2.05) is 0 Å². The summed E-state index contributed by atoms with van der Waals surface area (Å²) in [4.78, 5) is 23.3. The van der Waals surface area contributed by atoms with Crippen LogP contribution >= 0.6 is 0 Å². The molecule has 1 saturated heterocycles. The third-order valence-electron chi connectivity index (χ3n) is 3.82. The fraction of sp³-hybridized carbons (Fsp3) is 0.200. The second-order valence-electron chi connectivity index (χ2n) is 5.02. The Bertz CT molecular complexity index is 700. The lowest BCUT2D eigenvalue weighted by molar-refractivity contribution is -0.145. The fourth-order valence-corrected chi connectivity index (χ4v) is 2.74. The van der Waals surface area contributed by atoms with E-state index in [1.54, 1.807) is 0 Å². The zero-order chi connectivity index (χ0) is 15.4. The molecule has 1 aromatic rings. The number of fused-ring (bicyclic) bond motifs is 1. The summed E-state index contributed by atoms with van der Waals surface area (Å²) in [7, 11) is 0. The van der Waals surface area contributed by atoms with Crippen LogP contribution in [0, 0.1) is 23.4 Å². The normalized spacial score (nSPS) is 27.8. The van der Waals surface area contributed by atoms with E-state index in [1.165, 1.54) is 12.2 Å². The molecule has 3 nitrogen and oxygen atoms in total. The van der Waals surface area contributed by atoms with Crippen LogP contribution in [0.15, 0.2) is 36.4 Å². The van der Waals surface area contributed by atoms with Crippen molar-refractivity contribution in [1.82, 2.24) is 0 Å². The number of hydrogen-bond acceptors (Lipinski definition) is 3. The molecule has 3 rings (SSSR count). The van der Waals surface area contributed by atoms with Gasteiger partial charge in [0.05, 0.1) is 0 Å². The van der Waals surface area contributed by atoms with E-state index < -0.39 is 34.9 Å². The molecule has 2 atom stereocenters. The van der Waals surface area contributed by atoms with Crippen LogP contribution in [0.4, 0.5) is 13.2 Å². The van der Waals surface area contributed by atoms with Crippen molar-refractivity contribution in [3.63, 3.8) is 0 Å². The Labute approximate surface area is 117 Å². The Kier molecular flexibility index (Phi) is 2.79. The molecule has 1 aromatic carbocycles. The molecule has 1 aliphatic carbocycles. The van der Waals surface area contributed by atoms with Crippen LogP contribution in [0.25, 0.3) is 0 Å². The highest BCUT2D eigenvalue weighted by Crippen LogP contribution is 2.49. The van der Waals surface area contributed by atoms with Crippen LogP contribution in [0.1, 0.15) is 12.0 Å². The second kappa shape index (κ2) is 4.31. The fourth-order valence-electron chi connectivity index (χ4n) is 2.74. The lowest BCUT2D eigenvalue weighted by Gasteiger charge is -2.33. The molecule has 2 aliphatic rings. The topological polar surface area (TPSA) is 43.4 Å². The van der Waals surface area contributed by atoms with Gasteiger partial charge in [-0.1, -0.05) is 6.58 Å². The summed E-state index contributed by atoms with van der Waals surface area (Å²) in [6.07, 6.45) is 2.38. The summed E-state index contributed by atoms with van der Waals surface area (Å²) >= 11 is 0. The number of allylic oxidation sites excluding steroid dienone is 1. The van der Waals surface area contributed by atoms with Gasteiger partial charge in [-0.05, 0) is 24.3 Å². The maximum Gasteiger partial charge on any atom is 0.335 e. The average molecular weight is 294 g/mol. The summed E-state index contributed by atoms with van der Waals surface area (Å²) in [5, 5.41) is 0. The van der Waals surface area contributed by atoms with Crippen LogP contribution in [-0.4, -0.2) is 11.8 Å². The van der Waals surface area contributed by atoms with Gasteiger partial charge in [-0.3, -0.25) is 4.79 Å². The van der Waals surface area contributed by atoms with Gasteiger partial charge < -0.3 is 4.74 Å². The molecule has 0 unspecified atom stereocenters. The first-order chi connectivity index (χ1) is 9.85. The van der Waals surface area contributed by atoms with Gasteiger partial charge in [-0.25, -0.2) is 18.0 Å². The number of rotatable bonds is 1. The highest BCUT2D eigenvalue weighted by Gasteiger charge is 2.54. The molecule has 1 heterocycles. The minimum atomic E-state index is -1.61. The van der Waals surface area contributed by atoms with E-state index in [-0.39, 0.29) is 23.3 Å². The van der Waals surface area contributed by atoms with Crippen molar-refractivity contribution in [2.24, 2.45) is 5.92 Å². The molecule has 1 fully saturated rings. The number of carbonyl (C=O) groups excluding carboxylic acids is 2. The molecule has 21 heavy (non-hydrogen) atoms. The Hall–Kier alpha value is -2.37. The summed E-state index contributed by atoms with van der Waals surface area (Å²) in [5.74, 6) is -6.14. The minimum Gasteiger partial charge on any atom is -0.446 e. The number of ether oxygens (including phenoxy) is 1. The molecule has 1 aliphatic heterocycles. The summed E-state index contributed by atoms with van der Waals surface area (Å²) in [6.45, 7) is 3.56. The summed E-state index contributed by atoms with van der Waals surface area (Å²) in [5.41, 5.74) is -1.53. The van der Waals surface area contributed by atoms with E-state index in [0.29, 0.717) is 0 Å². The van der Waals surface area contributed by atoms with Gasteiger partial charge in [0, 0.05) is 23.5 Å². The van der Waals surface area contributed by atoms with Crippen molar-refractivity contribution in [1.29, 1.82) is 0 Å². The largest absolute Gasteiger partial charge is 0.446 e. The monoisotopic (exact) mass is 294 g/mol. The van der Waals surface area contributed by atoms with Gasteiger partial charge in [0.15, 0.2) is 28.8 Å². The maximum absolute atomic E-state index is 13.5. The standard InChI is InChI=1S/C15H9F3O3/c1-7-10-6-9(19)2-3-15(10,21-14(7)20)8-4-11(16)13(18)12(17)5-8/h2-5,10H,1,6H2/t10-,15+/m0/s1. The van der Waals surface area contributed by atoms with Crippen LogP contribution in [0.5, 0.6) is 0 Å².